The first kappa shape index (κ1) is 65.6. The molecule has 0 aliphatic carbocycles. The fraction of sp³-hybridized carbons (Fsp3) is 0.931. The standard InChI is InChI=1S/C58H112N2O8/c1-8-13-17-29-40-52(41-30-18-14-9-2)66-56(62)47-35-27-23-21-25-33-44-54(68-58(64)60(51-39-49-59(6)7)50-38-37-46-55(61)65-12-5)45-34-26-22-24-28-36-48-57(63)67-53(42-31-19-15-10-3)43-32-20-16-11-4/h52-54H,8-51H2,1-7H3. The highest BCUT2D eigenvalue weighted by Gasteiger charge is 2.21. The summed E-state index contributed by atoms with van der Waals surface area (Å²) in [5.41, 5.74) is 0. The lowest BCUT2D eigenvalue weighted by molar-refractivity contribution is -0.151. The predicted molar refractivity (Wildman–Crippen MR) is 284 cm³/mol. The van der Waals surface area contributed by atoms with Crippen molar-refractivity contribution in [3.8, 4) is 0 Å². The molecule has 10 heteroatoms. The Morgan fingerprint density at radius 2 is 0.647 bits per heavy atom. The fourth-order valence-electron chi connectivity index (χ4n) is 9.06. The topological polar surface area (TPSA) is 112 Å². The van der Waals surface area contributed by atoms with Gasteiger partial charge in [0.2, 0.25) is 0 Å². The molecule has 0 saturated heterocycles. The summed E-state index contributed by atoms with van der Waals surface area (Å²) in [6, 6.07) is 0. The molecule has 0 unspecified atom stereocenters. The van der Waals surface area contributed by atoms with Crippen LogP contribution in [0.15, 0.2) is 0 Å². The molecule has 0 spiro atoms. The van der Waals surface area contributed by atoms with E-state index in [1.54, 1.807) is 0 Å². The molecule has 0 fully saturated rings. The lowest BCUT2D eigenvalue weighted by Gasteiger charge is -2.26. The van der Waals surface area contributed by atoms with E-state index >= 15 is 0 Å². The van der Waals surface area contributed by atoms with Crippen molar-refractivity contribution in [2.45, 2.75) is 310 Å². The number of rotatable bonds is 51. The Labute approximate surface area is 420 Å². The van der Waals surface area contributed by atoms with Crippen LogP contribution in [0.3, 0.4) is 0 Å². The zero-order valence-corrected chi connectivity index (χ0v) is 46.0. The highest BCUT2D eigenvalue weighted by Crippen LogP contribution is 2.22. The van der Waals surface area contributed by atoms with Crippen LogP contribution < -0.4 is 0 Å². The van der Waals surface area contributed by atoms with Crippen LogP contribution in [-0.4, -0.2) is 92.4 Å². The molecule has 68 heavy (non-hydrogen) atoms. The molecule has 0 rings (SSSR count). The van der Waals surface area contributed by atoms with Crippen molar-refractivity contribution in [2.75, 3.05) is 40.3 Å². The van der Waals surface area contributed by atoms with Gasteiger partial charge in [-0.2, -0.15) is 0 Å². The van der Waals surface area contributed by atoms with Gasteiger partial charge in [-0.1, -0.05) is 156 Å². The van der Waals surface area contributed by atoms with Crippen LogP contribution in [0, 0.1) is 0 Å². The molecular formula is C58H112N2O8. The summed E-state index contributed by atoms with van der Waals surface area (Å²) in [5, 5.41) is 0. The van der Waals surface area contributed by atoms with Gasteiger partial charge in [0.1, 0.15) is 18.3 Å². The van der Waals surface area contributed by atoms with Crippen LogP contribution in [0.25, 0.3) is 0 Å². The first-order valence-corrected chi connectivity index (χ1v) is 29.2. The molecular weight excluding hydrogens is 853 g/mol. The van der Waals surface area contributed by atoms with Gasteiger partial charge in [0.25, 0.3) is 0 Å². The van der Waals surface area contributed by atoms with Crippen molar-refractivity contribution in [1.29, 1.82) is 0 Å². The second-order valence-corrected chi connectivity index (χ2v) is 20.4. The Morgan fingerprint density at radius 1 is 0.338 bits per heavy atom. The Bertz CT molecular complexity index is 1070. The van der Waals surface area contributed by atoms with Gasteiger partial charge in [-0.05, 0) is 137 Å². The van der Waals surface area contributed by atoms with Crippen molar-refractivity contribution in [3.63, 3.8) is 0 Å². The monoisotopic (exact) mass is 965 g/mol. The van der Waals surface area contributed by atoms with Gasteiger partial charge in [0.15, 0.2) is 0 Å². The Morgan fingerprint density at radius 3 is 1.01 bits per heavy atom. The van der Waals surface area contributed by atoms with E-state index in [1.807, 2.05) is 25.9 Å². The van der Waals surface area contributed by atoms with Gasteiger partial charge in [-0.25, -0.2) is 4.79 Å². The van der Waals surface area contributed by atoms with Crippen LogP contribution in [0.4, 0.5) is 4.79 Å². The molecule has 0 aliphatic heterocycles. The summed E-state index contributed by atoms with van der Waals surface area (Å²) in [7, 11) is 4.09. The number of esters is 3. The van der Waals surface area contributed by atoms with E-state index in [4.69, 9.17) is 18.9 Å². The minimum absolute atomic E-state index is 0.0228. The third-order valence-electron chi connectivity index (χ3n) is 13.4. The number of amides is 1. The summed E-state index contributed by atoms with van der Waals surface area (Å²) >= 11 is 0. The van der Waals surface area contributed by atoms with Crippen molar-refractivity contribution < 1.29 is 38.1 Å². The van der Waals surface area contributed by atoms with E-state index in [2.05, 4.69) is 32.6 Å². The number of hydrogen-bond acceptors (Lipinski definition) is 9. The zero-order chi connectivity index (χ0) is 50.1. The van der Waals surface area contributed by atoms with E-state index in [0.29, 0.717) is 45.4 Å². The highest BCUT2D eigenvalue weighted by atomic mass is 16.6. The van der Waals surface area contributed by atoms with Crippen LogP contribution in [-0.2, 0) is 33.3 Å². The quantitative estimate of drug-likeness (QED) is 0.0334. The molecule has 0 atom stereocenters. The molecule has 0 aromatic heterocycles. The Kier molecular flexibility index (Phi) is 47.9. The van der Waals surface area contributed by atoms with Crippen molar-refractivity contribution in [3.05, 3.63) is 0 Å². The average Bonchev–Trinajstić information content (AvgIpc) is 3.31. The van der Waals surface area contributed by atoms with E-state index < -0.39 is 0 Å². The maximum absolute atomic E-state index is 13.8. The van der Waals surface area contributed by atoms with Crippen LogP contribution in [0.2, 0.25) is 0 Å². The smallest absolute Gasteiger partial charge is 0.410 e. The van der Waals surface area contributed by atoms with Crippen LogP contribution in [0.5, 0.6) is 0 Å². The molecule has 0 bridgehead atoms. The lowest BCUT2D eigenvalue weighted by Crippen LogP contribution is -2.37. The van der Waals surface area contributed by atoms with E-state index in [0.717, 1.165) is 161 Å². The molecule has 402 valence electrons. The number of unbranched alkanes of at least 4 members (excludes halogenated alkanes) is 23. The van der Waals surface area contributed by atoms with Gasteiger partial charge in [0, 0.05) is 32.4 Å². The molecule has 0 N–H and O–H groups in total. The molecule has 0 saturated carbocycles. The number of carbonyl (C=O) groups is 4. The van der Waals surface area contributed by atoms with Crippen molar-refractivity contribution in [2.24, 2.45) is 0 Å². The third-order valence-corrected chi connectivity index (χ3v) is 13.4. The average molecular weight is 966 g/mol. The summed E-state index contributed by atoms with van der Waals surface area (Å²) in [4.78, 5) is 55.3. The van der Waals surface area contributed by atoms with E-state index in [1.165, 1.54) is 77.0 Å². The third kappa shape index (κ3) is 43.6. The largest absolute Gasteiger partial charge is 0.466 e. The van der Waals surface area contributed by atoms with Gasteiger partial charge < -0.3 is 28.7 Å². The summed E-state index contributed by atoms with van der Waals surface area (Å²) in [6.07, 6.45) is 40.9. The normalized spacial score (nSPS) is 11.6. The first-order valence-electron chi connectivity index (χ1n) is 29.2. The molecule has 0 aromatic carbocycles. The van der Waals surface area contributed by atoms with E-state index in [9.17, 15) is 19.2 Å². The maximum Gasteiger partial charge on any atom is 0.410 e. The number of hydrogen-bond donors (Lipinski definition) is 0. The molecule has 0 aliphatic rings. The maximum atomic E-state index is 13.8. The van der Waals surface area contributed by atoms with Crippen molar-refractivity contribution >= 4 is 24.0 Å². The molecule has 10 nitrogen and oxygen atoms in total. The summed E-state index contributed by atoms with van der Waals surface area (Å²) in [6.45, 7) is 13.2. The number of nitrogens with zero attached hydrogens (tertiary/aromatic N) is 2. The van der Waals surface area contributed by atoms with Crippen LogP contribution in [0.1, 0.15) is 291 Å². The summed E-state index contributed by atoms with van der Waals surface area (Å²) in [5.74, 6) is -0.231. The second-order valence-electron chi connectivity index (χ2n) is 20.4. The van der Waals surface area contributed by atoms with Gasteiger partial charge in [0.05, 0.1) is 6.61 Å². The molecule has 1 amide bonds. The zero-order valence-electron chi connectivity index (χ0n) is 46.0. The van der Waals surface area contributed by atoms with Crippen molar-refractivity contribution in [1.82, 2.24) is 9.80 Å². The molecule has 0 aromatic rings. The minimum Gasteiger partial charge on any atom is -0.466 e. The molecule has 0 heterocycles. The SMILES string of the molecule is CCCCCCC(CCCCCC)OC(=O)CCCCCCCCC(CCCCCCCCC(=O)OC(CCCCCC)CCCCCC)OC(=O)N(CCCCC(=O)OCC)CCCN(C)C. The van der Waals surface area contributed by atoms with Gasteiger partial charge >= 0.3 is 24.0 Å². The number of ether oxygens (including phenoxy) is 4. The van der Waals surface area contributed by atoms with Crippen LogP contribution >= 0.6 is 0 Å². The second kappa shape index (κ2) is 49.6. The molecule has 0 radical (unpaired) electrons. The Balaban J connectivity index is 5.09. The number of carbonyl (C=O) groups excluding carboxylic acids is 4. The highest BCUT2D eigenvalue weighted by molar-refractivity contribution is 5.70. The van der Waals surface area contributed by atoms with Gasteiger partial charge in [-0.3, -0.25) is 14.4 Å². The van der Waals surface area contributed by atoms with E-state index in [-0.39, 0.29) is 42.3 Å². The van der Waals surface area contributed by atoms with Gasteiger partial charge in [-0.15, -0.1) is 0 Å². The Hall–Kier alpha value is -2.36. The first-order chi connectivity index (χ1) is 33.1. The summed E-state index contributed by atoms with van der Waals surface area (Å²) < 4.78 is 23.4. The minimum atomic E-state index is -0.239. The fourth-order valence-corrected chi connectivity index (χ4v) is 9.06. The predicted octanol–water partition coefficient (Wildman–Crippen LogP) is 16.4. The lowest BCUT2D eigenvalue weighted by atomic mass is 10.0.